The van der Waals surface area contributed by atoms with Crippen LogP contribution in [0.5, 0.6) is 0 Å². The van der Waals surface area contributed by atoms with Gasteiger partial charge in [0.25, 0.3) is 5.91 Å². The Morgan fingerprint density at radius 1 is 0.944 bits per heavy atom. The maximum atomic E-state index is 13.3. The van der Waals surface area contributed by atoms with Crippen LogP contribution < -0.4 is 0 Å². The molecule has 7 rings (SSSR count). The third-order valence-electron chi connectivity index (χ3n) is 7.59. The SMILES string of the molecule is O=C(c1cccc2ccccc12)N1CCC(N2C[C](n3cc(-c4ncnc5[nH]ccc45)cn3)C2)CC1. The fraction of sp³-hybridized carbons (Fsp3) is 0.250. The second kappa shape index (κ2) is 8.57. The van der Waals surface area contributed by atoms with Crippen molar-refractivity contribution in [1.82, 2.24) is 34.5 Å². The van der Waals surface area contributed by atoms with Crippen molar-refractivity contribution in [1.29, 1.82) is 0 Å². The number of hydrogen-bond acceptors (Lipinski definition) is 5. The molecule has 2 fully saturated rings. The molecule has 0 spiro atoms. The molecule has 5 aromatic rings. The predicted octanol–water partition coefficient (Wildman–Crippen LogP) is 3.98. The number of amides is 1. The Balaban J connectivity index is 0.974. The molecule has 2 saturated heterocycles. The Morgan fingerprint density at radius 2 is 1.78 bits per heavy atom. The van der Waals surface area contributed by atoms with Gasteiger partial charge in [-0.25, -0.2) is 9.97 Å². The number of fused-ring (bicyclic) bond motifs is 2. The predicted molar refractivity (Wildman–Crippen MR) is 138 cm³/mol. The first-order valence-electron chi connectivity index (χ1n) is 12.4. The molecule has 8 nitrogen and oxygen atoms in total. The van der Waals surface area contributed by atoms with Crippen molar-refractivity contribution in [2.45, 2.75) is 18.9 Å². The molecule has 1 radical (unpaired) electrons. The first kappa shape index (κ1) is 21.3. The lowest BCUT2D eigenvalue weighted by molar-refractivity contribution is 0.0516. The number of carbonyl (C=O) groups is 1. The molecule has 0 bridgehead atoms. The van der Waals surface area contributed by atoms with Crippen molar-refractivity contribution in [3.05, 3.63) is 85.1 Å². The monoisotopic (exact) mass is 476 g/mol. The highest BCUT2D eigenvalue weighted by Gasteiger charge is 2.37. The van der Waals surface area contributed by atoms with Crippen LogP contribution in [-0.2, 0) is 0 Å². The number of aromatic amines is 1. The number of carbonyl (C=O) groups excluding carboxylic acids is 1. The molecule has 179 valence electrons. The van der Waals surface area contributed by atoms with E-state index >= 15 is 0 Å². The van der Waals surface area contributed by atoms with Crippen LogP contribution in [0.15, 0.2) is 73.4 Å². The van der Waals surface area contributed by atoms with Gasteiger partial charge in [0.2, 0.25) is 0 Å². The van der Waals surface area contributed by atoms with Gasteiger partial charge in [0.05, 0.1) is 11.9 Å². The number of likely N-dealkylation sites (tertiary alicyclic amines) is 2. The normalized spacial score (nSPS) is 17.6. The standard InChI is InChI=1S/C28H26N7O/c36-28(24-7-3-5-19-4-1-2-6-23(19)24)33-12-9-21(10-13-33)34-16-22(17-34)35-15-20(14-32-35)26-25-8-11-29-27(25)31-18-30-26/h1-8,11,14-15,18,21H,9-10,12-13,16-17H2,(H,29,30,31). The molecule has 1 N–H and O–H groups in total. The van der Waals surface area contributed by atoms with E-state index in [4.69, 9.17) is 0 Å². The van der Waals surface area contributed by atoms with Crippen molar-refractivity contribution < 1.29 is 4.79 Å². The van der Waals surface area contributed by atoms with Gasteiger partial charge in [-0.3, -0.25) is 14.4 Å². The fourth-order valence-electron chi connectivity index (χ4n) is 5.56. The van der Waals surface area contributed by atoms with Gasteiger partial charge in [-0.05, 0) is 35.7 Å². The maximum Gasteiger partial charge on any atom is 0.254 e. The number of piperidine rings is 1. The molecule has 5 heterocycles. The molecular weight excluding hydrogens is 450 g/mol. The molecule has 0 atom stereocenters. The van der Waals surface area contributed by atoms with E-state index in [2.05, 4.69) is 43.3 Å². The molecule has 36 heavy (non-hydrogen) atoms. The van der Waals surface area contributed by atoms with Crippen LogP contribution in [0, 0.1) is 6.04 Å². The van der Waals surface area contributed by atoms with Crippen LogP contribution in [0.3, 0.4) is 0 Å². The van der Waals surface area contributed by atoms with E-state index < -0.39 is 0 Å². The molecule has 2 aliphatic heterocycles. The van der Waals surface area contributed by atoms with Crippen molar-refractivity contribution >= 4 is 27.7 Å². The summed E-state index contributed by atoms with van der Waals surface area (Å²) in [5, 5.41) is 7.76. The second-order valence-corrected chi connectivity index (χ2v) is 9.66. The minimum Gasteiger partial charge on any atom is -0.346 e. The summed E-state index contributed by atoms with van der Waals surface area (Å²) in [6.45, 7) is 3.41. The number of aromatic nitrogens is 5. The Hall–Kier alpha value is -4.04. The summed E-state index contributed by atoms with van der Waals surface area (Å²) in [5.41, 5.74) is 3.53. The number of nitrogens with zero attached hydrogens (tertiary/aromatic N) is 6. The molecule has 8 heteroatoms. The Morgan fingerprint density at radius 3 is 2.67 bits per heavy atom. The van der Waals surface area contributed by atoms with Gasteiger partial charge < -0.3 is 9.88 Å². The molecule has 0 saturated carbocycles. The van der Waals surface area contributed by atoms with Crippen molar-refractivity contribution in [2.75, 3.05) is 26.2 Å². The van der Waals surface area contributed by atoms with Gasteiger partial charge in [0.1, 0.15) is 18.0 Å². The Labute approximate surface area is 208 Å². The number of nitrogens with one attached hydrogen (secondary N) is 1. The molecule has 2 aliphatic rings. The molecule has 2 aromatic carbocycles. The van der Waals surface area contributed by atoms with E-state index in [-0.39, 0.29) is 5.91 Å². The zero-order valence-electron chi connectivity index (χ0n) is 19.8. The lowest BCUT2D eigenvalue weighted by Gasteiger charge is -2.46. The summed E-state index contributed by atoms with van der Waals surface area (Å²) in [7, 11) is 0. The van der Waals surface area contributed by atoms with Crippen LogP contribution in [0.25, 0.3) is 33.1 Å². The molecule has 0 aliphatic carbocycles. The topological polar surface area (TPSA) is 82.9 Å². The van der Waals surface area contributed by atoms with Crippen LogP contribution in [-0.4, -0.2) is 72.7 Å². The smallest absolute Gasteiger partial charge is 0.254 e. The summed E-state index contributed by atoms with van der Waals surface area (Å²) in [4.78, 5) is 29.7. The third kappa shape index (κ3) is 3.56. The highest BCUT2D eigenvalue weighted by Crippen LogP contribution is 2.30. The van der Waals surface area contributed by atoms with E-state index in [1.165, 1.54) is 6.04 Å². The molecule has 3 aromatic heterocycles. The van der Waals surface area contributed by atoms with E-state index in [1.54, 1.807) is 6.33 Å². The van der Waals surface area contributed by atoms with Gasteiger partial charge in [-0.2, -0.15) is 5.10 Å². The summed E-state index contributed by atoms with van der Waals surface area (Å²) >= 11 is 0. The van der Waals surface area contributed by atoms with Gasteiger partial charge in [0.15, 0.2) is 0 Å². The first-order chi connectivity index (χ1) is 17.7. The minimum absolute atomic E-state index is 0.145. The van der Waals surface area contributed by atoms with E-state index in [0.29, 0.717) is 6.04 Å². The fourth-order valence-corrected chi connectivity index (χ4v) is 5.56. The average molecular weight is 477 g/mol. The average Bonchev–Trinajstić information content (AvgIpc) is 3.58. The highest BCUT2D eigenvalue weighted by molar-refractivity contribution is 6.07. The third-order valence-corrected chi connectivity index (χ3v) is 7.59. The first-order valence-corrected chi connectivity index (χ1v) is 12.4. The van der Waals surface area contributed by atoms with Gasteiger partial charge in [-0.1, -0.05) is 36.4 Å². The van der Waals surface area contributed by atoms with Crippen molar-refractivity contribution in [2.24, 2.45) is 0 Å². The van der Waals surface area contributed by atoms with Crippen LogP contribution in [0.1, 0.15) is 23.2 Å². The highest BCUT2D eigenvalue weighted by atomic mass is 16.2. The van der Waals surface area contributed by atoms with Crippen LogP contribution in [0.2, 0.25) is 0 Å². The van der Waals surface area contributed by atoms with Gasteiger partial charge >= 0.3 is 0 Å². The summed E-state index contributed by atoms with van der Waals surface area (Å²) in [6, 6.07) is 17.9. The van der Waals surface area contributed by atoms with Gasteiger partial charge in [0, 0.05) is 61.1 Å². The van der Waals surface area contributed by atoms with Gasteiger partial charge in [-0.15, -0.1) is 0 Å². The summed E-state index contributed by atoms with van der Waals surface area (Å²) in [5.74, 6) is 0.145. The number of rotatable bonds is 4. The minimum atomic E-state index is 0.145. The largest absolute Gasteiger partial charge is 0.346 e. The van der Waals surface area contributed by atoms with Crippen molar-refractivity contribution in [3.63, 3.8) is 0 Å². The Kier molecular flexibility index (Phi) is 5.06. The number of hydrogen-bond donors (Lipinski definition) is 1. The lowest BCUT2D eigenvalue weighted by atomic mass is 9.96. The maximum absolute atomic E-state index is 13.3. The zero-order valence-corrected chi connectivity index (χ0v) is 19.8. The quantitative estimate of drug-likeness (QED) is 0.424. The number of benzene rings is 2. The van der Waals surface area contributed by atoms with Crippen LogP contribution in [0.4, 0.5) is 0 Å². The van der Waals surface area contributed by atoms with E-state index in [0.717, 1.165) is 77.6 Å². The molecule has 1 amide bonds. The van der Waals surface area contributed by atoms with Crippen LogP contribution >= 0.6 is 0 Å². The summed E-state index contributed by atoms with van der Waals surface area (Å²) in [6.07, 6.45) is 9.41. The summed E-state index contributed by atoms with van der Waals surface area (Å²) < 4.78 is 1.99. The molecule has 0 unspecified atom stereocenters. The van der Waals surface area contributed by atoms with Crippen molar-refractivity contribution in [3.8, 4) is 11.3 Å². The Bertz CT molecular complexity index is 1550. The van der Waals surface area contributed by atoms with E-state index in [9.17, 15) is 4.79 Å². The second-order valence-electron chi connectivity index (χ2n) is 9.66. The van der Waals surface area contributed by atoms with E-state index in [1.807, 2.05) is 58.4 Å². The lowest BCUT2D eigenvalue weighted by Crippen LogP contribution is -2.56. The molecular formula is C28H26N7O. The number of H-pyrrole nitrogens is 1. The zero-order chi connectivity index (χ0) is 24.1.